The summed E-state index contributed by atoms with van der Waals surface area (Å²) in [6.45, 7) is 6.34. The van der Waals surface area contributed by atoms with Crippen molar-refractivity contribution in [2.24, 2.45) is 0 Å². The number of H-pyrrole nitrogens is 1. The van der Waals surface area contributed by atoms with Crippen LogP contribution in [-0.2, 0) is 6.54 Å². The number of aromatic nitrogens is 2. The van der Waals surface area contributed by atoms with Crippen LogP contribution in [0.5, 0.6) is 0 Å². The van der Waals surface area contributed by atoms with Gasteiger partial charge in [0.2, 0.25) is 0 Å². The molecule has 0 saturated heterocycles. The van der Waals surface area contributed by atoms with Crippen molar-refractivity contribution >= 4 is 17.1 Å². The predicted molar refractivity (Wildman–Crippen MR) is 71.2 cm³/mol. The predicted octanol–water partition coefficient (Wildman–Crippen LogP) is 2.16. The Morgan fingerprint density at radius 1 is 1.39 bits per heavy atom. The molecular weight excluding hydrogens is 228 g/mol. The summed E-state index contributed by atoms with van der Waals surface area (Å²) in [6, 6.07) is 5.72. The van der Waals surface area contributed by atoms with E-state index in [4.69, 9.17) is 0 Å². The van der Waals surface area contributed by atoms with Crippen LogP contribution < -0.4 is 10.6 Å². The Morgan fingerprint density at radius 3 is 2.89 bits per heavy atom. The van der Waals surface area contributed by atoms with Crippen molar-refractivity contribution in [1.82, 2.24) is 20.6 Å². The van der Waals surface area contributed by atoms with Gasteiger partial charge in [-0.25, -0.2) is 9.78 Å². The smallest absolute Gasteiger partial charge is 0.315 e. The van der Waals surface area contributed by atoms with E-state index in [-0.39, 0.29) is 11.6 Å². The van der Waals surface area contributed by atoms with Gasteiger partial charge in [-0.2, -0.15) is 0 Å². The molecule has 0 aliphatic carbocycles. The number of aromatic amines is 1. The van der Waals surface area contributed by atoms with Crippen LogP contribution in [0.1, 0.15) is 26.3 Å². The lowest BCUT2D eigenvalue weighted by atomic mass is 10.1. The molecule has 18 heavy (non-hydrogen) atoms. The second kappa shape index (κ2) is 4.68. The van der Waals surface area contributed by atoms with E-state index in [1.165, 1.54) is 0 Å². The Bertz CT molecular complexity index is 553. The number of amides is 2. The lowest BCUT2D eigenvalue weighted by Crippen LogP contribution is -2.46. The van der Waals surface area contributed by atoms with Gasteiger partial charge in [-0.1, -0.05) is 6.07 Å². The number of nitrogens with zero attached hydrogens (tertiary/aromatic N) is 1. The highest BCUT2D eigenvalue weighted by Gasteiger charge is 2.12. The largest absolute Gasteiger partial charge is 0.345 e. The molecule has 0 aliphatic rings. The summed E-state index contributed by atoms with van der Waals surface area (Å²) in [5, 5.41) is 5.68. The highest BCUT2D eigenvalue weighted by atomic mass is 16.2. The van der Waals surface area contributed by atoms with Gasteiger partial charge in [-0.3, -0.25) is 0 Å². The zero-order valence-corrected chi connectivity index (χ0v) is 10.9. The summed E-state index contributed by atoms with van der Waals surface area (Å²) in [5.41, 5.74) is 2.72. The quantitative estimate of drug-likeness (QED) is 0.760. The number of imidazole rings is 1. The molecule has 2 rings (SSSR count). The zero-order chi connectivity index (χ0) is 13.2. The van der Waals surface area contributed by atoms with Crippen molar-refractivity contribution in [3.63, 3.8) is 0 Å². The van der Waals surface area contributed by atoms with E-state index in [1.807, 2.05) is 39.0 Å². The van der Waals surface area contributed by atoms with E-state index in [1.54, 1.807) is 6.33 Å². The van der Waals surface area contributed by atoms with Gasteiger partial charge >= 0.3 is 6.03 Å². The molecule has 5 nitrogen and oxygen atoms in total. The van der Waals surface area contributed by atoms with Crippen LogP contribution in [0.4, 0.5) is 4.79 Å². The van der Waals surface area contributed by atoms with Crippen LogP contribution in [0.3, 0.4) is 0 Å². The molecule has 96 valence electrons. The van der Waals surface area contributed by atoms with Crippen LogP contribution >= 0.6 is 0 Å². The fourth-order valence-electron chi connectivity index (χ4n) is 1.66. The van der Waals surface area contributed by atoms with E-state index in [2.05, 4.69) is 20.6 Å². The molecule has 2 aromatic rings. The lowest BCUT2D eigenvalue weighted by Gasteiger charge is -2.20. The second-order valence-electron chi connectivity index (χ2n) is 5.31. The van der Waals surface area contributed by atoms with E-state index >= 15 is 0 Å². The van der Waals surface area contributed by atoms with Crippen LogP contribution in [0.25, 0.3) is 11.0 Å². The Morgan fingerprint density at radius 2 is 2.17 bits per heavy atom. The Labute approximate surface area is 106 Å². The number of fused-ring (bicyclic) bond motifs is 1. The maximum Gasteiger partial charge on any atom is 0.315 e. The molecule has 0 bridgehead atoms. The topological polar surface area (TPSA) is 69.8 Å². The summed E-state index contributed by atoms with van der Waals surface area (Å²) in [6.07, 6.45) is 1.66. The minimum Gasteiger partial charge on any atom is -0.345 e. The normalized spacial score (nSPS) is 11.5. The molecule has 1 aromatic heterocycles. The number of carbonyl (C=O) groups is 1. The minimum atomic E-state index is -0.225. The lowest BCUT2D eigenvalue weighted by molar-refractivity contribution is 0.231. The molecule has 5 heteroatoms. The van der Waals surface area contributed by atoms with Gasteiger partial charge in [-0.05, 0) is 38.5 Å². The van der Waals surface area contributed by atoms with Crippen LogP contribution in [-0.4, -0.2) is 21.5 Å². The van der Waals surface area contributed by atoms with Crippen molar-refractivity contribution in [2.75, 3.05) is 0 Å². The fraction of sp³-hybridized carbons (Fsp3) is 0.385. The van der Waals surface area contributed by atoms with Gasteiger partial charge in [0.25, 0.3) is 0 Å². The molecule has 1 aromatic carbocycles. The highest BCUT2D eigenvalue weighted by molar-refractivity contribution is 5.76. The SMILES string of the molecule is CC(C)(C)NC(=O)NCc1ccc2nc[nH]c2c1. The average Bonchev–Trinajstić information content (AvgIpc) is 2.71. The van der Waals surface area contributed by atoms with E-state index in [0.29, 0.717) is 6.54 Å². The molecule has 2 amide bonds. The molecule has 0 saturated carbocycles. The summed E-state index contributed by atoms with van der Waals surface area (Å²) < 4.78 is 0. The van der Waals surface area contributed by atoms with E-state index < -0.39 is 0 Å². The number of nitrogens with one attached hydrogen (secondary N) is 3. The molecule has 3 N–H and O–H groups in total. The third-order valence-corrected chi connectivity index (χ3v) is 2.43. The highest BCUT2D eigenvalue weighted by Crippen LogP contribution is 2.11. The van der Waals surface area contributed by atoms with Crippen molar-refractivity contribution in [1.29, 1.82) is 0 Å². The van der Waals surface area contributed by atoms with E-state index in [0.717, 1.165) is 16.6 Å². The molecule has 1 heterocycles. The molecular formula is C13H18N4O. The van der Waals surface area contributed by atoms with Gasteiger partial charge in [0, 0.05) is 12.1 Å². The van der Waals surface area contributed by atoms with Gasteiger partial charge < -0.3 is 15.6 Å². The van der Waals surface area contributed by atoms with Gasteiger partial charge in [-0.15, -0.1) is 0 Å². The van der Waals surface area contributed by atoms with Gasteiger partial charge in [0.1, 0.15) is 0 Å². The van der Waals surface area contributed by atoms with Crippen molar-refractivity contribution in [3.05, 3.63) is 30.1 Å². The van der Waals surface area contributed by atoms with Crippen molar-refractivity contribution < 1.29 is 4.79 Å². The number of rotatable bonds is 2. The van der Waals surface area contributed by atoms with Crippen LogP contribution in [0.15, 0.2) is 24.5 Å². The first-order valence-electron chi connectivity index (χ1n) is 5.92. The first kappa shape index (κ1) is 12.4. The summed E-state index contributed by atoms with van der Waals surface area (Å²) >= 11 is 0. The maximum absolute atomic E-state index is 11.6. The Balaban J connectivity index is 1.95. The number of benzene rings is 1. The summed E-state index contributed by atoms with van der Waals surface area (Å²) in [4.78, 5) is 18.8. The average molecular weight is 246 g/mol. The van der Waals surface area contributed by atoms with Crippen molar-refractivity contribution in [2.45, 2.75) is 32.9 Å². The standard InChI is InChI=1S/C13H18N4O/c1-13(2,3)17-12(18)14-7-9-4-5-10-11(6-9)16-8-15-10/h4-6,8H,7H2,1-3H3,(H,15,16)(H2,14,17,18). The first-order valence-corrected chi connectivity index (χ1v) is 5.92. The molecule has 0 aliphatic heterocycles. The fourth-order valence-corrected chi connectivity index (χ4v) is 1.66. The summed E-state index contributed by atoms with van der Waals surface area (Å²) in [5.74, 6) is 0. The number of urea groups is 1. The monoisotopic (exact) mass is 246 g/mol. The number of hydrogen-bond acceptors (Lipinski definition) is 2. The Kier molecular flexibility index (Phi) is 3.23. The number of carbonyl (C=O) groups excluding carboxylic acids is 1. The maximum atomic E-state index is 11.6. The molecule has 0 fully saturated rings. The first-order chi connectivity index (χ1) is 8.44. The zero-order valence-electron chi connectivity index (χ0n) is 10.9. The molecule has 0 atom stereocenters. The summed E-state index contributed by atoms with van der Waals surface area (Å²) in [7, 11) is 0. The molecule has 0 unspecified atom stereocenters. The molecule has 0 spiro atoms. The van der Waals surface area contributed by atoms with Crippen molar-refractivity contribution in [3.8, 4) is 0 Å². The number of hydrogen-bond donors (Lipinski definition) is 3. The molecule has 0 radical (unpaired) electrons. The van der Waals surface area contributed by atoms with E-state index in [9.17, 15) is 4.79 Å². The van der Waals surface area contributed by atoms with Crippen LogP contribution in [0.2, 0.25) is 0 Å². The van der Waals surface area contributed by atoms with Gasteiger partial charge in [0.15, 0.2) is 0 Å². The van der Waals surface area contributed by atoms with Crippen LogP contribution in [0, 0.1) is 0 Å². The second-order valence-corrected chi connectivity index (χ2v) is 5.31. The Hall–Kier alpha value is -2.04. The minimum absolute atomic E-state index is 0.160. The third-order valence-electron chi connectivity index (χ3n) is 2.43. The third kappa shape index (κ3) is 3.23. The van der Waals surface area contributed by atoms with Gasteiger partial charge in [0.05, 0.1) is 17.4 Å².